The van der Waals surface area contributed by atoms with Crippen molar-refractivity contribution in [2.75, 3.05) is 27.4 Å². The topological polar surface area (TPSA) is 36.9 Å². The maximum atomic E-state index is 6.14. The zero-order valence-corrected chi connectivity index (χ0v) is 25.4. The number of hydrogen-bond acceptors (Lipinski definition) is 4. The third-order valence-electron chi connectivity index (χ3n) is 7.37. The number of hydrogen-bond donors (Lipinski definition) is 0. The minimum atomic E-state index is -1.58. The van der Waals surface area contributed by atoms with Crippen molar-refractivity contribution in [2.45, 2.75) is 118 Å². The third-order valence-corrected chi connectivity index (χ3v) is 16.4. The highest BCUT2D eigenvalue weighted by molar-refractivity contribution is 6.74. The van der Waals surface area contributed by atoms with E-state index in [4.69, 9.17) is 18.3 Å². The van der Waals surface area contributed by atoms with Crippen LogP contribution in [0.1, 0.15) is 69.2 Å². The van der Waals surface area contributed by atoms with Crippen LogP contribution in [0, 0.1) is 11.8 Å². The first-order chi connectivity index (χ1) is 13.2. The molecule has 0 radical (unpaired) electrons. The lowest BCUT2D eigenvalue weighted by molar-refractivity contribution is 0.0493. The van der Waals surface area contributed by atoms with Gasteiger partial charge in [0.1, 0.15) is 0 Å². The molecule has 0 saturated heterocycles. The molecule has 0 spiro atoms. The fourth-order valence-electron chi connectivity index (χ4n) is 1.85. The van der Waals surface area contributed by atoms with Gasteiger partial charge in [0.2, 0.25) is 0 Å². The molecule has 4 atom stereocenters. The molecular formula is C24H56O4Si2. The first kappa shape index (κ1) is 32.5. The zero-order chi connectivity index (χ0) is 24.6. The van der Waals surface area contributed by atoms with E-state index < -0.39 is 16.6 Å². The minimum absolute atomic E-state index is 0.273. The van der Waals surface area contributed by atoms with Crippen molar-refractivity contribution in [1.82, 2.24) is 0 Å². The van der Waals surface area contributed by atoms with Crippen molar-refractivity contribution in [3.05, 3.63) is 0 Å². The maximum absolute atomic E-state index is 6.14. The Morgan fingerprint density at radius 3 is 0.967 bits per heavy atom. The van der Waals surface area contributed by atoms with Crippen molar-refractivity contribution >= 4 is 16.6 Å². The van der Waals surface area contributed by atoms with Crippen molar-refractivity contribution in [3.63, 3.8) is 0 Å². The Bertz CT molecular complexity index is 411. The fraction of sp³-hybridized carbons (Fsp3) is 1.00. The fourth-order valence-corrected chi connectivity index (χ4v) is 4.07. The highest BCUT2D eigenvalue weighted by Crippen LogP contribution is 2.37. The lowest BCUT2D eigenvalue weighted by Crippen LogP contribution is -2.42. The summed E-state index contributed by atoms with van der Waals surface area (Å²) in [6, 6.07) is 0. The van der Waals surface area contributed by atoms with Crippen LogP contribution in [-0.4, -0.2) is 56.3 Å². The van der Waals surface area contributed by atoms with E-state index in [0.717, 1.165) is 13.2 Å². The predicted molar refractivity (Wildman–Crippen MR) is 138 cm³/mol. The molecule has 0 aliphatic carbocycles. The van der Waals surface area contributed by atoms with E-state index in [9.17, 15) is 0 Å². The molecule has 6 heteroatoms. The smallest absolute Gasteiger partial charge is 0.191 e. The van der Waals surface area contributed by atoms with Crippen LogP contribution in [0.15, 0.2) is 0 Å². The van der Waals surface area contributed by atoms with Crippen LogP contribution in [0.5, 0.6) is 0 Å². The van der Waals surface area contributed by atoms with Crippen LogP contribution in [-0.2, 0) is 18.3 Å². The molecule has 0 aromatic rings. The van der Waals surface area contributed by atoms with Gasteiger partial charge in [-0.1, -0.05) is 55.4 Å². The van der Waals surface area contributed by atoms with Gasteiger partial charge in [-0.15, -0.1) is 0 Å². The first-order valence-electron chi connectivity index (χ1n) is 11.6. The Hall–Kier alpha value is 0.274. The number of methoxy groups -OCH3 is 2. The summed E-state index contributed by atoms with van der Waals surface area (Å²) in [7, 11) is 0.351. The van der Waals surface area contributed by atoms with Gasteiger partial charge in [-0.05, 0) is 50.1 Å². The van der Waals surface area contributed by atoms with Gasteiger partial charge in [0.25, 0.3) is 0 Å². The molecule has 184 valence electrons. The summed E-state index contributed by atoms with van der Waals surface area (Å²) >= 11 is 0. The lowest BCUT2D eigenvalue weighted by atomic mass is 10.1. The molecule has 0 fully saturated rings. The van der Waals surface area contributed by atoms with Crippen LogP contribution in [0.4, 0.5) is 0 Å². The van der Waals surface area contributed by atoms with Crippen LogP contribution in [0.3, 0.4) is 0 Å². The minimum Gasteiger partial charge on any atom is -0.416 e. The highest BCUT2D eigenvalue weighted by Gasteiger charge is 2.38. The summed E-state index contributed by atoms with van der Waals surface area (Å²) in [6.45, 7) is 32.9. The lowest BCUT2D eigenvalue weighted by Gasteiger charge is -2.37. The maximum Gasteiger partial charge on any atom is 0.191 e. The molecule has 0 N–H and O–H groups in total. The normalized spacial score (nSPS) is 17.6. The van der Waals surface area contributed by atoms with E-state index in [1.165, 1.54) is 0 Å². The van der Waals surface area contributed by atoms with E-state index in [-0.39, 0.29) is 12.2 Å². The summed E-state index contributed by atoms with van der Waals surface area (Å²) in [5, 5.41) is 0.589. The molecule has 0 aliphatic rings. The van der Waals surface area contributed by atoms with Crippen LogP contribution in [0.25, 0.3) is 0 Å². The Morgan fingerprint density at radius 1 is 0.567 bits per heavy atom. The molecule has 4 nitrogen and oxygen atoms in total. The van der Waals surface area contributed by atoms with Crippen molar-refractivity contribution in [1.29, 1.82) is 0 Å². The van der Waals surface area contributed by atoms with Gasteiger partial charge >= 0.3 is 0 Å². The Kier molecular flexibility index (Phi) is 14.2. The molecule has 30 heavy (non-hydrogen) atoms. The third kappa shape index (κ3) is 11.8. The van der Waals surface area contributed by atoms with Gasteiger partial charge in [-0.3, -0.25) is 0 Å². The number of ether oxygens (including phenoxy) is 2. The molecule has 0 heterocycles. The average molecular weight is 465 g/mol. The van der Waals surface area contributed by atoms with E-state index in [2.05, 4.69) is 95.4 Å². The highest BCUT2D eigenvalue weighted by atomic mass is 28.4. The van der Waals surface area contributed by atoms with E-state index >= 15 is 0 Å². The predicted octanol–water partition coefficient (Wildman–Crippen LogP) is 7.36. The first-order valence-corrected chi connectivity index (χ1v) is 17.4. The Morgan fingerprint density at radius 2 is 0.800 bits per heavy atom. The molecule has 0 aromatic heterocycles. The van der Waals surface area contributed by atoms with E-state index in [1.807, 2.05) is 0 Å². The Balaban J connectivity index is 0. The summed E-state index contributed by atoms with van der Waals surface area (Å²) in [6.07, 6.45) is 0.546. The molecule has 0 bridgehead atoms. The van der Waals surface area contributed by atoms with Gasteiger partial charge < -0.3 is 18.3 Å². The SMILES string of the molecule is CO[C@@H](C)[C@@H](C)CO[Si](C)(C)C(C)(C)C.CO[C@H](C)[C@H](C)CO[Si](C)(C)C(C)(C)C. The van der Waals surface area contributed by atoms with Crippen molar-refractivity contribution in [3.8, 4) is 0 Å². The summed E-state index contributed by atoms with van der Waals surface area (Å²) in [4.78, 5) is 0. The van der Waals surface area contributed by atoms with Crippen molar-refractivity contribution in [2.24, 2.45) is 11.8 Å². The van der Waals surface area contributed by atoms with Crippen LogP contribution in [0.2, 0.25) is 36.3 Å². The second kappa shape index (κ2) is 13.1. The summed E-state index contributed by atoms with van der Waals surface area (Å²) < 4.78 is 22.9. The summed E-state index contributed by atoms with van der Waals surface area (Å²) in [5.41, 5.74) is 0. The largest absolute Gasteiger partial charge is 0.416 e. The van der Waals surface area contributed by atoms with Gasteiger partial charge in [0, 0.05) is 39.3 Å². The van der Waals surface area contributed by atoms with Crippen molar-refractivity contribution < 1.29 is 18.3 Å². The van der Waals surface area contributed by atoms with Gasteiger partial charge in [-0.2, -0.15) is 0 Å². The average Bonchev–Trinajstić information content (AvgIpc) is 2.61. The van der Waals surface area contributed by atoms with E-state index in [1.54, 1.807) is 14.2 Å². The van der Waals surface area contributed by atoms with Gasteiger partial charge in [0.05, 0.1) is 12.2 Å². The van der Waals surface area contributed by atoms with Crippen LogP contribution >= 0.6 is 0 Å². The van der Waals surface area contributed by atoms with E-state index in [0.29, 0.717) is 21.9 Å². The second-order valence-corrected chi connectivity index (χ2v) is 21.6. The quantitative estimate of drug-likeness (QED) is 0.316. The molecule has 0 aliphatic heterocycles. The van der Waals surface area contributed by atoms with Crippen LogP contribution < -0.4 is 0 Å². The molecule has 0 amide bonds. The second-order valence-electron chi connectivity index (χ2n) is 12.0. The van der Waals surface area contributed by atoms with Gasteiger partial charge in [-0.25, -0.2) is 0 Å². The Labute approximate surface area is 192 Å². The number of rotatable bonds is 10. The zero-order valence-electron chi connectivity index (χ0n) is 23.4. The van der Waals surface area contributed by atoms with Gasteiger partial charge in [0.15, 0.2) is 16.6 Å². The monoisotopic (exact) mass is 464 g/mol. The molecule has 0 rings (SSSR count). The standard InChI is InChI=1S/2C12H28O2Si/c2*1-10(11(2)13-6)9-14-15(7,8)12(3,4)5/h2*10-11H,9H2,1-8H3/t2*10-,11-/m10/s1. The summed E-state index contributed by atoms with van der Waals surface area (Å²) in [5.74, 6) is 0.924. The molecule has 0 saturated carbocycles. The molecular weight excluding hydrogens is 408 g/mol. The molecule has 0 aromatic carbocycles. The molecule has 0 unspecified atom stereocenters.